The first-order chi connectivity index (χ1) is 14.2. The average Bonchev–Trinajstić information content (AvgIpc) is 3.11. The van der Waals surface area contributed by atoms with E-state index in [0.717, 1.165) is 62.8 Å². The molecule has 2 aliphatic heterocycles. The fraction of sp³-hybridized carbons (Fsp3) is 0.905. The number of aliphatic hydroxyl groups is 1. The number of ether oxygens (including phenoxy) is 2. The highest BCUT2D eigenvalue weighted by Gasteiger charge is 2.32. The molecular formula is C21H40N4O4S. The first kappa shape index (κ1) is 25.1. The van der Waals surface area contributed by atoms with Crippen LogP contribution in [0.5, 0.6) is 0 Å². The molecular weight excluding hydrogens is 404 g/mol. The summed E-state index contributed by atoms with van der Waals surface area (Å²) in [7, 11) is 0. The summed E-state index contributed by atoms with van der Waals surface area (Å²) in [5.41, 5.74) is -1.13. The molecule has 9 heteroatoms. The summed E-state index contributed by atoms with van der Waals surface area (Å²) in [5.74, 6) is 2.68. The Kier molecular flexibility index (Phi) is 10.0. The van der Waals surface area contributed by atoms with Crippen LogP contribution in [0.3, 0.4) is 0 Å². The van der Waals surface area contributed by atoms with E-state index in [1.54, 1.807) is 11.8 Å². The van der Waals surface area contributed by atoms with Crippen molar-refractivity contribution in [1.29, 1.82) is 0 Å². The number of aliphatic imine (C=N–C) groups is 1. The molecule has 0 saturated carbocycles. The van der Waals surface area contributed by atoms with E-state index in [1.165, 1.54) is 0 Å². The van der Waals surface area contributed by atoms with Gasteiger partial charge in [0.2, 0.25) is 0 Å². The van der Waals surface area contributed by atoms with Gasteiger partial charge in [0.05, 0.1) is 18.2 Å². The molecule has 0 aromatic heterocycles. The van der Waals surface area contributed by atoms with Crippen LogP contribution in [0.4, 0.5) is 4.79 Å². The number of nitrogens with one attached hydrogen (secondary N) is 2. The monoisotopic (exact) mass is 444 g/mol. The number of guanidine groups is 1. The first-order valence-corrected chi connectivity index (χ1v) is 12.3. The maximum Gasteiger partial charge on any atom is 0.407 e. The number of carbonyl (C=O) groups excluding carboxylic acids is 1. The molecule has 3 N–H and O–H groups in total. The number of nitrogens with zero attached hydrogens (tertiary/aromatic N) is 2. The lowest BCUT2D eigenvalue weighted by molar-refractivity contribution is 0.0168. The van der Waals surface area contributed by atoms with Gasteiger partial charge in [-0.05, 0) is 59.1 Å². The molecule has 2 rings (SSSR count). The number of rotatable bonds is 8. The summed E-state index contributed by atoms with van der Waals surface area (Å²) in [6, 6.07) is 0. The molecule has 0 aromatic rings. The van der Waals surface area contributed by atoms with Gasteiger partial charge in [-0.25, -0.2) is 4.79 Å². The fourth-order valence-electron chi connectivity index (χ4n) is 3.43. The lowest BCUT2D eigenvalue weighted by Crippen LogP contribution is -2.48. The Bertz CT molecular complexity index is 554. The number of carbonyl (C=O) groups is 1. The van der Waals surface area contributed by atoms with Crippen molar-refractivity contribution in [2.45, 2.75) is 70.7 Å². The smallest absolute Gasteiger partial charge is 0.407 e. The Morgan fingerprint density at radius 3 is 2.63 bits per heavy atom. The fourth-order valence-corrected chi connectivity index (χ4v) is 4.71. The second-order valence-corrected chi connectivity index (χ2v) is 10.1. The van der Waals surface area contributed by atoms with E-state index in [4.69, 9.17) is 14.5 Å². The van der Waals surface area contributed by atoms with Gasteiger partial charge in [0.25, 0.3) is 0 Å². The molecule has 1 unspecified atom stereocenters. The van der Waals surface area contributed by atoms with Crippen molar-refractivity contribution >= 4 is 23.8 Å². The summed E-state index contributed by atoms with van der Waals surface area (Å²) in [6.07, 6.45) is 3.33. The zero-order valence-electron chi connectivity index (χ0n) is 19.0. The molecule has 8 nitrogen and oxygen atoms in total. The normalized spacial score (nSPS) is 23.5. The Morgan fingerprint density at radius 2 is 2.03 bits per heavy atom. The summed E-state index contributed by atoms with van der Waals surface area (Å²) in [6.45, 7) is 11.8. The van der Waals surface area contributed by atoms with Gasteiger partial charge < -0.3 is 30.1 Å². The predicted octanol–water partition coefficient (Wildman–Crippen LogP) is 2.22. The topological polar surface area (TPSA) is 95.4 Å². The molecule has 0 aromatic carbocycles. The molecule has 2 heterocycles. The highest BCUT2D eigenvalue weighted by atomic mass is 32.2. The number of amides is 1. The predicted molar refractivity (Wildman–Crippen MR) is 122 cm³/mol. The zero-order valence-corrected chi connectivity index (χ0v) is 19.9. The standard InChI is InChI=1S/C21H40N4O4S/c1-5-22-18(24-15-21(27)9-14-30-16-21)25-11-7-17(8-12-25)28-13-6-10-23-19(26)29-20(2,3)4/h17,27H,5-16H2,1-4H3,(H,22,24)(H,23,26). The Morgan fingerprint density at radius 1 is 1.30 bits per heavy atom. The summed E-state index contributed by atoms with van der Waals surface area (Å²) in [4.78, 5) is 18.6. The molecule has 0 spiro atoms. The van der Waals surface area contributed by atoms with Crippen molar-refractivity contribution in [3.63, 3.8) is 0 Å². The maximum absolute atomic E-state index is 11.6. The third-order valence-electron chi connectivity index (χ3n) is 5.02. The van der Waals surface area contributed by atoms with Crippen LogP contribution < -0.4 is 10.6 Å². The number of hydrogen-bond acceptors (Lipinski definition) is 6. The number of alkyl carbamates (subject to hydrolysis) is 1. The molecule has 0 aliphatic carbocycles. The molecule has 30 heavy (non-hydrogen) atoms. The van der Waals surface area contributed by atoms with Gasteiger partial charge in [-0.3, -0.25) is 4.99 Å². The summed E-state index contributed by atoms with van der Waals surface area (Å²) in [5, 5.41) is 16.7. The highest BCUT2D eigenvalue weighted by Crippen LogP contribution is 2.28. The second-order valence-electron chi connectivity index (χ2n) is 9.04. The Hall–Kier alpha value is -1.19. The van der Waals surface area contributed by atoms with Crippen LogP contribution in [-0.2, 0) is 9.47 Å². The number of hydrogen-bond donors (Lipinski definition) is 3. The lowest BCUT2D eigenvalue weighted by atomic mass is 10.0. The van der Waals surface area contributed by atoms with Gasteiger partial charge in [-0.2, -0.15) is 11.8 Å². The van der Waals surface area contributed by atoms with E-state index in [9.17, 15) is 9.90 Å². The van der Waals surface area contributed by atoms with Gasteiger partial charge in [0, 0.05) is 38.5 Å². The quantitative estimate of drug-likeness (QED) is 0.300. The number of likely N-dealkylation sites (tertiary alicyclic amines) is 1. The van der Waals surface area contributed by atoms with Crippen molar-refractivity contribution in [3.8, 4) is 0 Å². The highest BCUT2D eigenvalue weighted by molar-refractivity contribution is 7.99. The van der Waals surface area contributed by atoms with Crippen molar-refractivity contribution in [2.75, 3.05) is 50.8 Å². The minimum atomic E-state index is -0.653. The van der Waals surface area contributed by atoms with Crippen LogP contribution in [0.2, 0.25) is 0 Å². The van der Waals surface area contributed by atoms with E-state index in [0.29, 0.717) is 19.7 Å². The molecule has 0 bridgehead atoms. The Balaban J connectivity index is 1.64. The summed E-state index contributed by atoms with van der Waals surface area (Å²) < 4.78 is 11.2. The largest absolute Gasteiger partial charge is 0.444 e. The maximum atomic E-state index is 11.6. The first-order valence-electron chi connectivity index (χ1n) is 11.1. The van der Waals surface area contributed by atoms with E-state index < -0.39 is 11.2 Å². The van der Waals surface area contributed by atoms with Gasteiger partial charge in [0.15, 0.2) is 5.96 Å². The minimum absolute atomic E-state index is 0.237. The van der Waals surface area contributed by atoms with Crippen LogP contribution in [0, 0.1) is 0 Å². The molecule has 1 atom stereocenters. The van der Waals surface area contributed by atoms with Crippen molar-refractivity contribution < 1.29 is 19.4 Å². The van der Waals surface area contributed by atoms with Gasteiger partial charge in [-0.1, -0.05) is 0 Å². The molecule has 0 radical (unpaired) electrons. The van der Waals surface area contributed by atoms with Crippen LogP contribution >= 0.6 is 11.8 Å². The van der Waals surface area contributed by atoms with E-state index in [1.807, 2.05) is 20.8 Å². The number of thioether (sulfide) groups is 1. The average molecular weight is 445 g/mol. The van der Waals surface area contributed by atoms with Crippen molar-refractivity contribution in [3.05, 3.63) is 0 Å². The summed E-state index contributed by atoms with van der Waals surface area (Å²) >= 11 is 1.80. The van der Waals surface area contributed by atoms with Crippen LogP contribution in [0.25, 0.3) is 0 Å². The van der Waals surface area contributed by atoms with E-state index in [-0.39, 0.29) is 12.2 Å². The zero-order chi connectivity index (χ0) is 22.0. The van der Waals surface area contributed by atoms with E-state index >= 15 is 0 Å². The molecule has 2 fully saturated rings. The van der Waals surface area contributed by atoms with Gasteiger partial charge in [0.1, 0.15) is 5.60 Å². The second kappa shape index (κ2) is 12.0. The van der Waals surface area contributed by atoms with Crippen LogP contribution in [-0.4, -0.2) is 90.2 Å². The van der Waals surface area contributed by atoms with Crippen LogP contribution in [0.15, 0.2) is 4.99 Å². The molecule has 2 aliphatic rings. The van der Waals surface area contributed by atoms with Gasteiger partial charge >= 0.3 is 6.09 Å². The Labute approximate surface area is 185 Å². The van der Waals surface area contributed by atoms with Crippen LogP contribution in [0.1, 0.15) is 53.4 Å². The molecule has 1 amide bonds. The SMILES string of the molecule is CCNC(=NCC1(O)CCSC1)N1CCC(OCCCNC(=O)OC(C)(C)C)CC1. The number of piperidine rings is 1. The molecule has 2 saturated heterocycles. The third-order valence-corrected chi connectivity index (χ3v) is 6.26. The van der Waals surface area contributed by atoms with E-state index in [2.05, 4.69) is 22.5 Å². The lowest BCUT2D eigenvalue weighted by Gasteiger charge is -2.34. The minimum Gasteiger partial charge on any atom is -0.444 e. The third kappa shape index (κ3) is 9.31. The van der Waals surface area contributed by atoms with Gasteiger partial charge in [-0.15, -0.1) is 0 Å². The molecule has 174 valence electrons. The van der Waals surface area contributed by atoms with Crippen molar-refractivity contribution in [1.82, 2.24) is 15.5 Å². The van der Waals surface area contributed by atoms with Crippen molar-refractivity contribution in [2.24, 2.45) is 4.99 Å².